The molecule has 6 heteroatoms. The minimum atomic E-state index is -2.11. The van der Waals surface area contributed by atoms with Gasteiger partial charge in [0.1, 0.15) is 5.75 Å². The molecule has 0 unspecified atom stereocenters. The summed E-state index contributed by atoms with van der Waals surface area (Å²) < 4.78 is 0. The zero-order chi connectivity index (χ0) is 11.9. The summed E-state index contributed by atoms with van der Waals surface area (Å²) in [7, 11) is 0. The van der Waals surface area contributed by atoms with Crippen LogP contribution in [0.2, 0.25) is 0 Å². The van der Waals surface area contributed by atoms with Crippen molar-refractivity contribution in [3.8, 4) is 5.75 Å². The molecule has 0 radical (unpaired) electrons. The Bertz CT molecular complexity index is 484. The average Bonchev–Trinajstić information content (AvgIpc) is 2.40. The minimum Gasteiger partial charge on any atom is -0.508 e. The minimum absolute atomic E-state index is 0.0832. The van der Waals surface area contributed by atoms with Gasteiger partial charge in [-0.15, -0.1) is 0 Å². The first-order chi connectivity index (χ1) is 7.43. The van der Waals surface area contributed by atoms with Crippen LogP contribution < -0.4 is 5.32 Å². The monoisotopic (exact) mass is 223 g/mol. The maximum atomic E-state index is 11.5. The number of nitrogens with one attached hydrogen (secondary N) is 1. The first-order valence-corrected chi connectivity index (χ1v) is 4.52. The van der Waals surface area contributed by atoms with Crippen molar-refractivity contribution in [2.75, 3.05) is 5.32 Å². The van der Waals surface area contributed by atoms with Gasteiger partial charge in [0.25, 0.3) is 5.91 Å². The number of anilines is 1. The maximum Gasteiger partial charge on any atom is 0.307 e. The molecule has 1 heterocycles. The predicted molar refractivity (Wildman–Crippen MR) is 52.9 cm³/mol. The van der Waals surface area contributed by atoms with Gasteiger partial charge >= 0.3 is 5.97 Å². The summed E-state index contributed by atoms with van der Waals surface area (Å²) in [6, 6.07) is 3.92. The van der Waals surface area contributed by atoms with Crippen LogP contribution in [0.4, 0.5) is 5.69 Å². The molecule has 1 aliphatic heterocycles. The number of rotatable bonds is 2. The molecule has 0 saturated heterocycles. The van der Waals surface area contributed by atoms with Crippen molar-refractivity contribution in [2.45, 2.75) is 12.0 Å². The third-order valence-electron chi connectivity index (χ3n) is 2.48. The second-order valence-electron chi connectivity index (χ2n) is 3.61. The Morgan fingerprint density at radius 1 is 1.44 bits per heavy atom. The highest BCUT2D eigenvalue weighted by Gasteiger charge is 2.47. The number of aliphatic hydroxyl groups is 1. The van der Waals surface area contributed by atoms with Crippen LogP contribution in [0.1, 0.15) is 12.0 Å². The summed E-state index contributed by atoms with van der Waals surface area (Å²) in [5.41, 5.74) is -1.72. The number of aromatic hydroxyl groups is 1. The quantitative estimate of drug-likeness (QED) is 0.528. The average molecular weight is 223 g/mol. The highest BCUT2D eigenvalue weighted by Crippen LogP contribution is 2.39. The van der Waals surface area contributed by atoms with Crippen molar-refractivity contribution in [2.24, 2.45) is 0 Å². The molecule has 2 rings (SSSR count). The van der Waals surface area contributed by atoms with Gasteiger partial charge in [-0.3, -0.25) is 9.59 Å². The summed E-state index contributed by atoms with van der Waals surface area (Å²) in [5.74, 6) is -2.23. The highest BCUT2D eigenvalue weighted by atomic mass is 16.4. The number of phenolic OH excluding ortho intramolecular Hbond substituents is 1. The van der Waals surface area contributed by atoms with E-state index in [9.17, 15) is 19.8 Å². The van der Waals surface area contributed by atoms with Crippen LogP contribution in [-0.4, -0.2) is 27.2 Å². The van der Waals surface area contributed by atoms with Gasteiger partial charge in [0.2, 0.25) is 0 Å². The molecule has 0 aromatic heterocycles. The summed E-state index contributed by atoms with van der Waals surface area (Å²) in [6.45, 7) is 0. The number of hydrogen-bond donors (Lipinski definition) is 4. The van der Waals surface area contributed by atoms with Gasteiger partial charge in [-0.2, -0.15) is 0 Å². The maximum absolute atomic E-state index is 11.5. The van der Waals surface area contributed by atoms with E-state index in [1.54, 1.807) is 0 Å². The molecule has 1 aliphatic rings. The lowest BCUT2D eigenvalue weighted by Crippen LogP contribution is -2.36. The Morgan fingerprint density at radius 2 is 2.12 bits per heavy atom. The topological polar surface area (TPSA) is 107 Å². The first-order valence-electron chi connectivity index (χ1n) is 4.52. The number of carboxylic acids is 1. The zero-order valence-electron chi connectivity index (χ0n) is 8.10. The lowest BCUT2D eigenvalue weighted by molar-refractivity contribution is -0.149. The van der Waals surface area contributed by atoms with E-state index >= 15 is 0 Å². The van der Waals surface area contributed by atoms with Crippen LogP contribution in [0.3, 0.4) is 0 Å². The molecule has 0 aliphatic carbocycles. The molecule has 1 aromatic carbocycles. The van der Waals surface area contributed by atoms with E-state index in [0.717, 1.165) is 0 Å². The smallest absolute Gasteiger partial charge is 0.307 e. The summed E-state index contributed by atoms with van der Waals surface area (Å²) in [5, 5.41) is 30.3. The molecule has 6 nitrogen and oxygen atoms in total. The summed E-state index contributed by atoms with van der Waals surface area (Å²) >= 11 is 0. The van der Waals surface area contributed by atoms with Gasteiger partial charge in [0.15, 0.2) is 5.60 Å². The fourth-order valence-corrected chi connectivity index (χ4v) is 1.73. The molecular weight excluding hydrogens is 214 g/mol. The Morgan fingerprint density at radius 3 is 2.75 bits per heavy atom. The Labute approximate surface area is 90.1 Å². The number of carbonyl (C=O) groups excluding carboxylic acids is 1. The summed E-state index contributed by atoms with van der Waals surface area (Å²) in [6.07, 6.45) is -0.741. The van der Waals surface area contributed by atoms with E-state index in [1.807, 2.05) is 0 Å². The molecule has 0 bridgehead atoms. The van der Waals surface area contributed by atoms with Crippen LogP contribution in [0.15, 0.2) is 18.2 Å². The normalized spacial score (nSPS) is 22.7. The number of benzene rings is 1. The third-order valence-corrected chi connectivity index (χ3v) is 2.48. The molecule has 1 atom stereocenters. The Balaban J connectivity index is 2.53. The van der Waals surface area contributed by atoms with Crippen molar-refractivity contribution in [1.82, 2.24) is 0 Å². The lowest BCUT2D eigenvalue weighted by Gasteiger charge is -2.18. The van der Waals surface area contributed by atoms with Crippen LogP contribution >= 0.6 is 0 Å². The number of aliphatic carboxylic acids is 1. The highest BCUT2D eigenvalue weighted by molar-refractivity contribution is 6.06. The van der Waals surface area contributed by atoms with Crippen molar-refractivity contribution in [3.63, 3.8) is 0 Å². The van der Waals surface area contributed by atoms with E-state index < -0.39 is 23.9 Å². The van der Waals surface area contributed by atoms with E-state index in [0.29, 0.717) is 5.69 Å². The Kier molecular flexibility index (Phi) is 2.09. The van der Waals surface area contributed by atoms with Crippen molar-refractivity contribution < 1.29 is 24.9 Å². The first kappa shape index (κ1) is 10.4. The fourth-order valence-electron chi connectivity index (χ4n) is 1.73. The molecule has 1 aromatic rings. The van der Waals surface area contributed by atoms with Crippen LogP contribution in [0.5, 0.6) is 5.75 Å². The van der Waals surface area contributed by atoms with E-state index in [1.165, 1.54) is 18.2 Å². The molecule has 0 spiro atoms. The summed E-state index contributed by atoms with van der Waals surface area (Å²) in [4.78, 5) is 22.1. The van der Waals surface area contributed by atoms with Gasteiger partial charge in [-0.05, 0) is 18.2 Å². The van der Waals surface area contributed by atoms with E-state index in [-0.39, 0.29) is 11.3 Å². The van der Waals surface area contributed by atoms with Crippen LogP contribution in [-0.2, 0) is 15.2 Å². The van der Waals surface area contributed by atoms with Gasteiger partial charge in [-0.1, -0.05) is 0 Å². The second-order valence-corrected chi connectivity index (χ2v) is 3.61. The van der Waals surface area contributed by atoms with Crippen LogP contribution in [0, 0.1) is 0 Å². The number of hydrogen-bond acceptors (Lipinski definition) is 4. The molecule has 16 heavy (non-hydrogen) atoms. The number of carbonyl (C=O) groups is 2. The lowest BCUT2D eigenvalue weighted by atomic mass is 9.92. The zero-order valence-corrected chi connectivity index (χ0v) is 8.10. The van der Waals surface area contributed by atoms with Gasteiger partial charge in [-0.25, -0.2) is 0 Å². The van der Waals surface area contributed by atoms with Crippen molar-refractivity contribution >= 4 is 17.6 Å². The van der Waals surface area contributed by atoms with Gasteiger partial charge in [0, 0.05) is 11.3 Å². The molecule has 0 fully saturated rings. The van der Waals surface area contributed by atoms with Crippen LogP contribution in [0.25, 0.3) is 0 Å². The van der Waals surface area contributed by atoms with Gasteiger partial charge in [0.05, 0.1) is 6.42 Å². The molecule has 84 valence electrons. The largest absolute Gasteiger partial charge is 0.508 e. The SMILES string of the molecule is O=C(O)C[C@@]1(O)C(=O)Nc2ccc(O)cc21. The third kappa shape index (κ3) is 1.40. The van der Waals surface area contributed by atoms with Crippen molar-refractivity contribution in [3.05, 3.63) is 23.8 Å². The number of amides is 1. The van der Waals surface area contributed by atoms with E-state index in [2.05, 4.69) is 5.32 Å². The predicted octanol–water partition coefficient (Wildman–Crippen LogP) is 0.00660. The van der Waals surface area contributed by atoms with Crippen molar-refractivity contribution in [1.29, 1.82) is 0 Å². The molecular formula is C10H9NO5. The fraction of sp³-hybridized carbons (Fsp3) is 0.200. The standard InChI is InChI=1S/C10H9NO5/c12-5-1-2-7-6(3-5)10(16,4-8(13)14)9(15)11-7/h1-3,12,16H,4H2,(H,11,15)(H,13,14)/t10-/m0/s1. The number of phenols is 1. The molecule has 1 amide bonds. The van der Waals surface area contributed by atoms with Gasteiger partial charge < -0.3 is 20.6 Å². The number of carboxylic acid groups (broad SMARTS) is 1. The Hall–Kier alpha value is -2.08. The van der Waals surface area contributed by atoms with E-state index in [4.69, 9.17) is 5.11 Å². The second kappa shape index (κ2) is 3.21. The number of fused-ring (bicyclic) bond motifs is 1. The molecule has 0 saturated carbocycles. The molecule has 4 N–H and O–H groups in total.